The third kappa shape index (κ3) is 8.05. The fourth-order valence-electron chi connectivity index (χ4n) is 5.72. The van der Waals surface area contributed by atoms with Gasteiger partial charge in [0.05, 0.1) is 11.5 Å². The minimum absolute atomic E-state index is 0.0534. The maximum atomic E-state index is 13.8. The van der Waals surface area contributed by atoms with E-state index < -0.39 is 17.3 Å². The molecule has 1 unspecified atom stereocenters. The van der Waals surface area contributed by atoms with Crippen molar-refractivity contribution in [2.45, 2.75) is 90.1 Å². The Hall–Kier alpha value is -2.96. The first kappa shape index (κ1) is 30.0. The van der Waals surface area contributed by atoms with Gasteiger partial charge in [0, 0.05) is 13.1 Å². The van der Waals surface area contributed by atoms with Gasteiger partial charge in [-0.25, -0.2) is 4.79 Å². The van der Waals surface area contributed by atoms with E-state index in [1.54, 1.807) is 12.1 Å². The highest BCUT2D eigenvalue weighted by Gasteiger charge is 2.38. The van der Waals surface area contributed by atoms with Gasteiger partial charge >= 0.3 is 5.76 Å². The molecule has 2 aliphatic rings. The first-order chi connectivity index (χ1) is 19.2. The molecule has 1 aromatic heterocycles. The van der Waals surface area contributed by atoms with Crippen molar-refractivity contribution in [3.8, 4) is 6.07 Å². The lowest BCUT2D eigenvalue weighted by Crippen LogP contribution is -2.57. The van der Waals surface area contributed by atoms with E-state index >= 15 is 0 Å². The number of nitrogens with one attached hydrogen (secondary N) is 2. The van der Waals surface area contributed by atoms with E-state index in [2.05, 4.69) is 52.3 Å². The van der Waals surface area contributed by atoms with Crippen molar-refractivity contribution in [1.82, 2.24) is 20.1 Å². The quantitative estimate of drug-likeness (QED) is 0.396. The Bertz CT molecular complexity index is 1220. The number of hydrogen-bond acceptors (Lipinski definition) is 8. The van der Waals surface area contributed by atoms with Crippen LogP contribution in [0.4, 0.5) is 5.82 Å². The lowest BCUT2D eigenvalue weighted by molar-refractivity contribution is -0.124. The number of rotatable bonds is 12. The number of anilines is 1. The standard InChI is InChI=1S/C31H46N6O3/c1-4-30(2,3)14-13-25(33-27-24-11-6-7-12-26(24)40-29(39)34-27)28(38)35-31(23-32)15-21-37(22-16-31)20-10-19-36-17-8-5-9-18-36/h6-7,11-12,25H,4-5,8-10,13-22H2,1-3H3,(H,35,38)(H,33,34,39). The highest BCUT2D eigenvalue weighted by atomic mass is 16.4. The number of fused-ring (bicyclic) bond motifs is 1. The third-order valence-corrected chi connectivity index (χ3v) is 8.92. The molecule has 0 spiro atoms. The maximum absolute atomic E-state index is 13.8. The molecule has 9 nitrogen and oxygen atoms in total. The minimum Gasteiger partial charge on any atom is -0.408 e. The largest absolute Gasteiger partial charge is 0.441 e. The fourth-order valence-corrected chi connectivity index (χ4v) is 5.72. The average Bonchev–Trinajstić information content (AvgIpc) is 2.96. The van der Waals surface area contributed by atoms with Gasteiger partial charge in [-0.15, -0.1) is 0 Å². The summed E-state index contributed by atoms with van der Waals surface area (Å²) in [5.41, 5.74) is -0.428. The molecule has 0 bridgehead atoms. The number of carbonyl (C=O) groups is 1. The van der Waals surface area contributed by atoms with Gasteiger partial charge in [0.1, 0.15) is 23.0 Å². The average molecular weight is 551 g/mol. The van der Waals surface area contributed by atoms with Crippen LogP contribution in [0, 0.1) is 16.7 Å². The molecule has 0 aliphatic carbocycles. The van der Waals surface area contributed by atoms with E-state index in [4.69, 9.17) is 4.42 Å². The highest BCUT2D eigenvalue weighted by molar-refractivity contribution is 5.91. The van der Waals surface area contributed by atoms with Crippen molar-refractivity contribution in [3.05, 3.63) is 34.8 Å². The van der Waals surface area contributed by atoms with E-state index in [1.165, 1.54) is 32.4 Å². The summed E-state index contributed by atoms with van der Waals surface area (Å²) in [4.78, 5) is 35.0. The van der Waals surface area contributed by atoms with Crippen molar-refractivity contribution in [2.24, 2.45) is 5.41 Å². The molecule has 2 saturated heterocycles. The number of nitriles is 1. The summed E-state index contributed by atoms with van der Waals surface area (Å²) >= 11 is 0. The molecule has 2 fully saturated rings. The van der Waals surface area contributed by atoms with Crippen molar-refractivity contribution in [2.75, 3.05) is 44.6 Å². The number of nitrogens with zero attached hydrogens (tertiary/aromatic N) is 4. The van der Waals surface area contributed by atoms with Crippen LogP contribution in [0.1, 0.15) is 78.6 Å². The normalized spacial score (nSPS) is 19.1. The van der Waals surface area contributed by atoms with Crippen LogP contribution in [0.3, 0.4) is 0 Å². The smallest absolute Gasteiger partial charge is 0.408 e. The molecule has 2 N–H and O–H groups in total. The second-order valence-electron chi connectivity index (χ2n) is 12.4. The van der Waals surface area contributed by atoms with Gasteiger partial charge in [0.2, 0.25) is 5.91 Å². The van der Waals surface area contributed by atoms with Gasteiger partial charge < -0.3 is 24.9 Å². The van der Waals surface area contributed by atoms with Crippen LogP contribution < -0.4 is 16.4 Å². The maximum Gasteiger partial charge on any atom is 0.441 e. The molecule has 1 atom stereocenters. The molecule has 0 radical (unpaired) electrons. The number of carbonyl (C=O) groups excluding carboxylic acids is 1. The first-order valence-corrected chi connectivity index (χ1v) is 15.1. The van der Waals surface area contributed by atoms with Gasteiger partial charge in [-0.2, -0.15) is 10.2 Å². The second kappa shape index (κ2) is 13.6. The van der Waals surface area contributed by atoms with Crippen molar-refractivity contribution < 1.29 is 9.21 Å². The minimum atomic E-state index is -0.897. The van der Waals surface area contributed by atoms with Gasteiger partial charge in [-0.1, -0.05) is 45.7 Å². The molecule has 9 heteroatoms. The van der Waals surface area contributed by atoms with Crippen LogP contribution in [0.15, 0.2) is 33.5 Å². The summed E-state index contributed by atoms with van der Waals surface area (Å²) in [6.07, 6.45) is 8.64. The summed E-state index contributed by atoms with van der Waals surface area (Å²) in [5, 5.41) is 17.2. The molecule has 1 aromatic carbocycles. The van der Waals surface area contributed by atoms with E-state index in [-0.39, 0.29) is 11.3 Å². The second-order valence-corrected chi connectivity index (χ2v) is 12.4. The van der Waals surface area contributed by atoms with Gasteiger partial charge in [0.15, 0.2) is 0 Å². The van der Waals surface area contributed by atoms with Gasteiger partial charge in [-0.3, -0.25) is 4.79 Å². The Labute approximate surface area is 238 Å². The van der Waals surface area contributed by atoms with E-state index in [0.29, 0.717) is 36.0 Å². The van der Waals surface area contributed by atoms with Gasteiger partial charge in [0.25, 0.3) is 0 Å². The fraction of sp³-hybridized carbons (Fsp3) is 0.677. The van der Waals surface area contributed by atoms with Crippen LogP contribution in [-0.2, 0) is 4.79 Å². The molecular formula is C31H46N6O3. The van der Waals surface area contributed by atoms with E-state index in [1.807, 2.05) is 12.1 Å². The number of aromatic nitrogens is 1. The molecule has 218 valence electrons. The summed E-state index contributed by atoms with van der Waals surface area (Å²) in [5.74, 6) is -0.614. The molecule has 40 heavy (non-hydrogen) atoms. The summed E-state index contributed by atoms with van der Waals surface area (Å²) < 4.78 is 5.25. The van der Waals surface area contributed by atoms with Crippen LogP contribution in [-0.4, -0.2) is 71.5 Å². The number of para-hydroxylation sites is 1. The number of piperidine rings is 2. The monoisotopic (exact) mass is 550 g/mol. The molecule has 0 saturated carbocycles. The Balaban J connectivity index is 1.41. The molecule has 3 heterocycles. The van der Waals surface area contributed by atoms with Crippen molar-refractivity contribution in [3.63, 3.8) is 0 Å². The Morgan fingerprint density at radius 3 is 2.48 bits per heavy atom. The zero-order valence-corrected chi connectivity index (χ0v) is 24.5. The zero-order valence-electron chi connectivity index (χ0n) is 24.5. The van der Waals surface area contributed by atoms with Crippen molar-refractivity contribution >= 4 is 22.7 Å². The third-order valence-electron chi connectivity index (χ3n) is 8.92. The predicted molar refractivity (Wildman–Crippen MR) is 158 cm³/mol. The van der Waals surface area contributed by atoms with Gasteiger partial charge in [-0.05, 0) is 88.7 Å². The topological polar surface area (TPSA) is 114 Å². The number of likely N-dealkylation sites (tertiary alicyclic amines) is 2. The Morgan fingerprint density at radius 2 is 1.80 bits per heavy atom. The summed E-state index contributed by atoms with van der Waals surface area (Å²) in [7, 11) is 0. The summed E-state index contributed by atoms with van der Waals surface area (Å²) in [6.45, 7) is 12.7. The predicted octanol–water partition coefficient (Wildman–Crippen LogP) is 4.54. The molecule has 1 amide bonds. The number of amides is 1. The van der Waals surface area contributed by atoms with E-state index in [0.717, 1.165) is 45.4 Å². The Morgan fingerprint density at radius 1 is 1.12 bits per heavy atom. The zero-order chi connectivity index (χ0) is 28.6. The summed E-state index contributed by atoms with van der Waals surface area (Å²) in [6, 6.07) is 8.96. The molecule has 2 aromatic rings. The van der Waals surface area contributed by atoms with E-state index in [9.17, 15) is 14.9 Å². The van der Waals surface area contributed by atoms with Crippen LogP contribution in [0.5, 0.6) is 0 Å². The molecule has 2 aliphatic heterocycles. The lowest BCUT2D eigenvalue weighted by Gasteiger charge is -2.39. The first-order valence-electron chi connectivity index (χ1n) is 15.1. The Kier molecular flexibility index (Phi) is 10.2. The number of benzene rings is 1. The number of hydrogen-bond donors (Lipinski definition) is 2. The van der Waals surface area contributed by atoms with Crippen LogP contribution in [0.25, 0.3) is 11.0 Å². The SMILES string of the molecule is CCC(C)(C)CCC(Nc1nc(=O)oc2ccccc12)C(=O)NC1(C#N)CCN(CCCN2CCCCC2)CC1. The van der Waals surface area contributed by atoms with Crippen LogP contribution >= 0.6 is 0 Å². The molecule has 4 rings (SSSR count). The van der Waals surface area contributed by atoms with Crippen LogP contribution in [0.2, 0.25) is 0 Å². The highest BCUT2D eigenvalue weighted by Crippen LogP contribution is 2.29. The van der Waals surface area contributed by atoms with Crippen molar-refractivity contribution in [1.29, 1.82) is 5.26 Å². The molecular weight excluding hydrogens is 504 g/mol. The lowest BCUT2D eigenvalue weighted by atomic mass is 9.83.